The normalized spacial score (nSPS) is 11.4. The number of nitrogens with zero attached hydrogens (tertiary/aromatic N) is 1. The number of H-pyrrole nitrogens is 1. The zero-order valence-electron chi connectivity index (χ0n) is 18.9. The molecule has 0 radical (unpaired) electrons. The molecule has 0 spiro atoms. The van der Waals surface area contributed by atoms with Gasteiger partial charge in [-0.25, -0.2) is 9.78 Å². The molecule has 1 aromatic heterocycles. The molecule has 8 heteroatoms. The largest absolute Gasteiger partial charge is 0.416 e. The van der Waals surface area contributed by atoms with E-state index in [1.807, 2.05) is 72.8 Å². The van der Waals surface area contributed by atoms with Crippen LogP contribution in [0.2, 0.25) is 0 Å². The number of hydrogen-bond donors (Lipinski definition) is 3. The molecule has 1 heterocycles. The highest BCUT2D eigenvalue weighted by Crippen LogP contribution is 2.32. The molecule has 36 heavy (non-hydrogen) atoms. The molecule has 0 fully saturated rings. The second-order valence-electron chi connectivity index (χ2n) is 8.27. The molecule has 0 aliphatic heterocycles. The smallest absolute Gasteiger partial charge is 0.338 e. The van der Waals surface area contributed by atoms with Crippen LogP contribution in [0.25, 0.3) is 33.5 Å². The molecule has 5 nitrogen and oxygen atoms in total. The number of urea groups is 1. The zero-order valence-corrected chi connectivity index (χ0v) is 18.9. The summed E-state index contributed by atoms with van der Waals surface area (Å²) in [7, 11) is 0. The molecule has 180 valence electrons. The number of nitrogens with one attached hydrogen (secondary N) is 3. The van der Waals surface area contributed by atoms with Gasteiger partial charge in [0, 0.05) is 17.8 Å². The molecule has 5 rings (SSSR count). The predicted octanol–water partition coefficient (Wildman–Crippen LogP) is 7.24. The monoisotopic (exact) mass is 486 g/mol. The third kappa shape index (κ3) is 5.22. The number of imidazole rings is 1. The fourth-order valence-corrected chi connectivity index (χ4v) is 3.90. The summed E-state index contributed by atoms with van der Waals surface area (Å²) in [6.07, 6.45) is -4.42. The van der Waals surface area contributed by atoms with Crippen molar-refractivity contribution in [3.05, 3.63) is 108 Å². The van der Waals surface area contributed by atoms with Crippen LogP contribution < -0.4 is 10.6 Å². The van der Waals surface area contributed by atoms with Crippen molar-refractivity contribution in [1.82, 2.24) is 15.3 Å². The number of carbonyl (C=O) groups is 1. The van der Waals surface area contributed by atoms with Crippen molar-refractivity contribution in [2.45, 2.75) is 12.7 Å². The van der Waals surface area contributed by atoms with Gasteiger partial charge in [-0.05, 0) is 53.1 Å². The van der Waals surface area contributed by atoms with Crippen molar-refractivity contribution in [3.8, 4) is 22.5 Å². The van der Waals surface area contributed by atoms with E-state index in [-0.39, 0.29) is 6.03 Å². The minimum absolute atomic E-state index is 0.315. The Morgan fingerprint density at radius 3 is 2.31 bits per heavy atom. The number of aromatic amines is 1. The van der Waals surface area contributed by atoms with Gasteiger partial charge in [-0.2, -0.15) is 13.2 Å². The van der Waals surface area contributed by atoms with E-state index in [0.717, 1.165) is 34.4 Å². The van der Waals surface area contributed by atoms with Crippen LogP contribution >= 0.6 is 0 Å². The van der Waals surface area contributed by atoms with E-state index >= 15 is 0 Å². The average molecular weight is 486 g/mol. The molecule has 2 amide bonds. The van der Waals surface area contributed by atoms with E-state index in [9.17, 15) is 18.0 Å². The Morgan fingerprint density at radius 1 is 0.806 bits per heavy atom. The minimum atomic E-state index is -4.42. The summed E-state index contributed by atoms with van der Waals surface area (Å²) in [5, 5.41) is 5.67. The number of amides is 2. The molecule has 0 unspecified atom stereocenters. The summed E-state index contributed by atoms with van der Waals surface area (Å²) in [5.74, 6) is 0.473. The maximum Gasteiger partial charge on any atom is 0.416 e. The number of benzene rings is 4. The van der Waals surface area contributed by atoms with Crippen molar-refractivity contribution in [2.24, 2.45) is 0 Å². The molecule has 0 atom stereocenters. The van der Waals surface area contributed by atoms with Gasteiger partial charge in [-0.1, -0.05) is 60.7 Å². The third-order valence-electron chi connectivity index (χ3n) is 5.69. The number of rotatable bonds is 5. The van der Waals surface area contributed by atoms with Crippen LogP contribution in [0.15, 0.2) is 97.1 Å². The van der Waals surface area contributed by atoms with Crippen molar-refractivity contribution in [1.29, 1.82) is 0 Å². The lowest BCUT2D eigenvalue weighted by atomic mass is 10.0. The van der Waals surface area contributed by atoms with Crippen molar-refractivity contribution >= 4 is 22.8 Å². The number of carbonyl (C=O) groups excluding carboxylic acids is 1. The van der Waals surface area contributed by atoms with Gasteiger partial charge >= 0.3 is 12.2 Å². The Bertz CT molecular complexity index is 1530. The van der Waals surface area contributed by atoms with Crippen LogP contribution in [0, 0.1) is 0 Å². The first kappa shape index (κ1) is 23.2. The van der Waals surface area contributed by atoms with Gasteiger partial charge in [0.1, 0.15) is 5.82 Å². The fourth-order valence-electron chi connectivity index (χ4n) is 3.90. The van der Waals surface area contributed by atoms with Crippen molar-refractivity contribution in [3.63, 3.8) is 0 Å². The maximum absolute atomic E-state index is 13.1. The van der Waals surface area contributed by atoms with Crippen molar-refractivity contribution in [2.75, 3.05) is 5.32 Å². The second-order valence-corrected chi connectivity index (χ2v) is 8.27. The van der Waals surface area contributed by atoms with Crippen LogP contribution in [0.3, 0.4) is 0 Å². The van der Waals surface area contributed by atoms with E-state index in [2.05, 4.69) is 20.6 Å². The van der Waals surface area contributed by atoms with Crippen LogP contribution in [0.1, 0.15) is 11.1 Å². The van der Waals surface area contributed by atoms with Gasteiger partial charge in [-0.3, -0.25) is 0 Å². The van der Waals surface area contributed by atoms with Crippen LogP contribution in [0.4, 0.5) is 23.7 Å². The summed E-state index contributed by atoms with van der Waals surface area (Å²) < 4.78 is 39.2. The first-order valence-corrected chi connectivity index (χ1v) is 11.2. The summed E-state index contributed by atoms with van der Waals surface area (Å²) in [4.78, 5) is 19.8. The number of fused-ring (bicyclic) bond motifs is 1. The highest BCUT2D eigenvalue weighted by Gasteiger charge is 2.30. The van der Waals surface area contributed by atoms with Gasteiger partial charge in [0.15, 0.2) is 0 Å². The lowest BCUT2D eigenvalue weighted by molar-refractivity contribution is -0.137. The molecule has 0 saturated heterocycles. The van der Waals surface area contributed by atoms with Crippen LogP contribution in [-0.2, 0) is 12.7 Å². The fraction of sp³-hybridized carbons (Fsp3) is 0.0714. The summed E-state index contributed by atoms with van der Waals surface area (Å²) in [6.45, 7) is 0.413. The molecule has 0 aliphatic carbocycles. The third-order valence-corrected chi connectivity index (χ3v) is 5.69. The van der Waals surface area contributed by atoms with Crippen LogP contribution in [0.5, 0.6) is 0 Å². The second kappa shape index (κ2) is 9.58. The minimum Gasteiger partial charge on any atom is -0.338 e. The Hall–Kier alpha value is -4.59. The zero-order chi connectivity index (χ0) is 25.1. The molecule has 3 N–H and O–H groups in total. The Kier molecular flexibility index (Phi) is 6.16. The quantitative estimate of drug-likeness (QED) is 0.245. The summed E-state index contributed by atoms with van der Waals surface area (Å²) in [5.41, 5.74) is 4.15. The Labute approximate surface area is 205 Å². The van der Waals surface area contributed by atoms with E-state index in [1.54, 1.807) is 6.07 Å². The lowest BCUT2D eigenvalue weighted by Crippen LogP contribution is -2.28. The highest BCUT2D eigenvalue weighted by atomic mass is 19.4. The highest BCUT2D eigenvalue weighted by molar-refractivity contribution is 5.90. The predicted molar refractivity (Wildman–Crippen MR) is 134 cm³/mol. The van der Waals surface area contributed by atoms with Gasteiger partial charge in [0.25, 0.3) is 0 Å². The number of hydrogen-bond acceptors (Lipinski definition) is 2. The van der Waals surface area contributed by atoms with Crippen LogP contribution in [-0.4, -0.2) is 16.0 Å². The molecule has 0 aliphatic rings. The Morgan fingerprint density at radius 2 is 1.53 bits per heavy atom. The lowest BCUT2D eigenvalue weighted by Gasteiger charge is -2.10. The molecule has 0 saturated carbocycles. The first-order chi connectivity index (χ1) is 17.3. The number of anilines is 1. The summed E-state index contributed by atoms with van der Waals surface area (Å²) >= 11 is 0. The van der Waals surface area contributed by atoms with E-state index in [0.29, 0.717) is 29.1 Å². The topological polar surface area (TPSA) is 69.8 Å². The van der Waals surface area contributed by atoms with Crippen molar-refractivity contribution < 1.29 is 18.0 Å². The first-order valence-electron chi connectivity index (χ1n) is 11.2. The Balaban J connectivity index is 1.34. The molecule has 4 aromatic carbocycles. The average Bonchev–Trinajstić information content (AvgIpc) is 3.32. The van der Waals surface area contributed by atoms with Gasteiger partial charge in [-0.15, -0.1) is 0 Å². The molecule has 5 aromatic rings. The van der Waals surface area contributed by atoms with Gasteiger partial charge in [0.2, 0.25) is 0 Å². The molecular formula is C28H21F3N4O. The SMILES string of the molecule is O=C(NCc1ccccc1)Nc1cccc(-c2cccc(-c3nc4ccc(C(F)(F)F)cc4[nH]3)c2)c1. The standard InChI is InChI=1S/C28H21F3N4O/c29-28(30,31)22-12-13-24-25(16-22)35-26(34-24)21-10-4-8-19(14-21)20-9-5-11-23(15-20)33-27(36)32-17-18-6-2-1-3-7-18/h1-16H,17H2,(H,34,35)(H2,32,33,36). The maximum atomic E-state index is 13.1. The van der Waals surface area contributed by atoms with E-state index in [4.69, 9.17) is 0 Å². The number of halogens is 3. The molecular weight excluding hydrogens is 465 g/mol. The molecule has 0 bridgehead atoms. The number of alkyl halides is 3. The number of aromatic nitrogens is 2. The summed E-state index contributed by atoms with van der Waals surface area (Å²) in [6, 6.07) is 27.7. The van der Waals surface area contributed by atoms with Gasteiger partial charge < -0.3 is 15.6 Å². The van der Waals surface area contributed by atoms with E-state index in [1.165, 1.54) is 6.07 Å². The van der Waals surface area contributed by atoms with E-state index < -0.39 is 11.7 Å². The van der Waals surface area contributed by atoms with Gasteiger partial charge in [0.05, 0.1) is 16.6 Å².